The van der Waals surface area contributed by atoms with E-state index in [4.69, 9.17) is 9.47 Å². The van der Waals surface area contributed by atoms with Crippen molar-refractivity contribution in [2.45, 2.75) is 207 Å². The zero-order chi connectivity index (χ0) is 30.1. The Kier molecular flexibility index (Phi) is 32.6. The highest BCUT2D eigenvalue weighted by atomic mass is 16.5. The highest BCUT2D eigenvalue weighted by Gasteiger charge is 2.19. The largest absolute Gasteiger partial charge is 0.466 e. The summed E-state index contributed by atoms with van der Waals surface area (Å²) < 4.78 is 10.8. The molecule has 0 radical (unpaired) electrons. The standard InChI is InChI=1S/C37H72O4/c1-4-6-8-10-12-14-16-18-20-22-24-26-28-30-32-40-36(38)34-35(3)37(39)41-33-31-29-27-25-23-21-19-17-15-13-11-9-7-5-2/h35H,4-34H2,1-3H3. The second-order valence-corrected chi connectivity index (χ2v) is 12.7. The van der Waals surface area contributed by atoms with Gasteiger partial charge in [-0.25, -0.2) is 0 Å². The van der Waals surface area contributed by atoms with E-state index in [9.17, 15) is 9.59 Å². The molecule has 1 unspecified atom stereocenters. The summed E-state index contributed by atoms with van der Waals surface area (Å²) in [6.45, 7) is 7.25. The van der Waals surface area contributed by atoms with E-state index < -0.39 is 5.92 Å². The molecule has 0 bridgehead atoms. The number of hydrogen-bond acceptors (Lipinski definition) is 4. The van der Waals surface area contributed by atoms with Gasteiger partial charge >= 0.3 is 11.9 Å². The van der Waals surface area contributed by atoms with Crippen LogP contribution in [0.5, 0.6) is 0 Å². The van der Waals surface area contributed by atoms with Crippen molar-refractivity contribution >= 4 is 11.9 Å². The minimum absolute atomic E-state index is 0.121. The Hall–Kier alpha value is -1.06. The lowest BCUT2D eigenvalue weighted by molar-refractivity contribution is -0.154. The summed E-state index contributed by atoms with van der Waals surface area (Å²) in [4.78, 5) is 24.3. The van der Waals surface area contributed by atoms with Crippen LogP contribution in [0, 0.1) is 5.92 Å². The summed E-state index contributed by atoms with van der Waals surface area (Å²) >= 11 is 0. The van der Waals surface area contributed by atoms with Crippen LogP contribution in [0.3, 0.4) is 0 Å². The van der Waals surface area contributed by atoms with Gasteiger partial charge in [0.15, 0.2) is 0 Å². The monoisotopic (exact) mass is 581 g/mol. The second kappa shape index (κ2) is 33.4. The molecular weight excluding hydrogens is 508 g/mol. The second-order valence-electron chi connectivity index (χ2n) is 12.7. The number of esters is 2. The summed E-state index contributed by atoms with van der Waals surface area (Å²) in [5.41, 5.74) is 0. The van der Waals surface area contributed by atoms with Crippen molar-refractivity contribution in [2.24, 2.45) is 5.92 Å². The average Bonchev–Trinajstić information content (AvgIpc) is 2.96. The smallest absolute Gasteiger partial charge is 0.309 e. The zero-order valence-electron chi connectivity index (χ0n) is 28.1. The van der Waals surface area contributed by atoms with E-state index in [1.165, 1.54) is 154 Å². The van der Waals surface area contributed by atoms with Crippen molar-refractivity contribution in [3.8, 4) is 0 Å². The Morgan fingerprint density at radius 1 is 0.415 bits per heavy atom. The normalized spacial score (nSPS) is 12.0. The molecule has 4 nitrogen and oxygen atoms in total. The van der Waals surface area contributed by atoms with Gasteiger partial charge in [-0.2, -0.15) is 0 Å². The lowest BCUT2D eigenvalue weighted by atomic mass is 10.0. The molecule has 1 atom stereocenters. The fourth-order valence-electron chi connectivity index (χ4n) is 5.49. The first-order valence-electron chi connectivity index (χ1n) is 18.4. The number of rotatable bonds is 33. The molecule has 0 rings (SSSR count). The van der Waals surface area contributed by atoms with E-state index in [-0.39, 0.29) is 18.4 Å². The molecule has 41 heavy (non-hydrogen) atoms. The maximum Gasteiger partial charge on any atom is 0.309 e. The molecule has 0 heterocycles. The Morgan fingerprint density at radius 3 is 1.00 bits per heavy atom. The Bertz CT molecular complexity index is 547. The minimum Gasteiger partial charge on any atom is -0.466 e. The van der Waals surface area contributed by atoms with E-state index in [1.54, 1.807) is 6.92 Å². The van der Waals surface area contributed by atoms with Gasteiger partial charge in [0.2, 0.25) is 0 Å². The third-order valence-corrected chi connectivity index (χ3v) is 8.38. The molecule has 4 heteroatoms. The summed E-state index contributed by atoms with van der Waals surface area (Å²) in [7, 11) is 0. The number of carbonyl (C=O) groups is 2. The van der Waals surface area contributed by atoms with Crippen LogP contribution in [0.15, 0.2) is 0 Å². The first-order valence-corrected chi connectivity index (χ1v) is 18.4. The molecule has 0 aromatic carbocycles. The summed E-state index contributed by atoms with van der Waals surface area (Å²) in [6, 6.07) is 0. The lowest BCUT2D eigenvalue weighted by Crippen LogP contribution is -2.20. The van der Waals surface area contributed by atoms with Crippen molar-refractivity contribution in [3.05, 3.63) is 0 Å². The van der Waals surface area contributed by atoms with Gasteiger partial charge in [-0.1, -0.05) is 188 Å². The maximum atomic E-state index is 12.2. The first-order chi connectivity index (χ1) is 20.1. The van der Waals surface area contributed by atoms with Crippen molar-refractivity contribution in [1.82, 2.24) is 0 Å². The van der Waals surface area contributed by atoms with Crippen molar-refractivity contribution in [3.63, 3.8) is 0 Å². The quantitative estimate of drug-likeness (QED) is 0.0572. The maximum absolute atomic E-state index is 12.2. The molecule has 0 saturated carbocycles. The molecule has 0 N–H and O–H groups in total. The number of hydrogen-bond donors (Lipinski definition) is 0. The third kappa shape index (κ3) is 31.7. The first kappa shape index (κ1) is 39.9. The summed E-state index contributed by atoms with van der Waals surface area (Å²) in [6.07, 6.45) is 36.9. The van der Waals surface area contributed by atoms with Gasteiger partial charge < -0.3 is 9.47 Å². The van der Waals surface area contributed by atoms with Crippen LogP contribution in [0.25, 0.3) is 0 Å². The molecule has 0 aliphatic carbocycles. The van der Waals surface area contributed by atoms with Crippen LogP contribution in [-0.4, -0.2) is 25.2 Å². The van der Waals surface area contributed by atoms with Gasteiger partial charge in [0.1, 0.15) is 0 Å². The van der Waals surface area contributed by atoms with Crippen molar-refractivity contribution < 1.29 is 19.1 Å². The van der Waals surface area contributed by atoms with Crippen LogP contribution >= 0.6 is 0 Å². The van der Waals surface area contributed by atoms with E-state index >= 15 is 0 Å². The number of carbonyl (C=O) groups excluding carboxylic acids is 2. The zero-order valence-corrected chi connectivity index (χ0v) is 28.1. The summed E-state index contributed by atoms with van der Waals surface area (Å²) in [5, 5.41) is 0. The molecular formula is C37H72O4. The minimum atomic E-state index is -0.425. The highest BCUT2D eigenvalue weighted by Crippen LogP contribution is 2.15. The third-order valence-electron chi connectivity index (χ3n) is 8.38. The van der Waals surface area contributed by atoms with Crippen molar-refractivity contribution in [1.29, 1.82) is 0 Å². The average molecular weight is 581 g/mol. The van der Waals surface area contributed by atoms with Gasteiger partial charge in [-0.05, 0) is 12.8 Å². The van der Waals surface area contributed by atoms with Crippen LogP contribution in [-0.2, 0) is 19.1 Å². The number of unbranched alkanes of at least 4 members (excludes halogenated alkanes) is 26. The Balaban J connectivity index is 3.40. The van der Waals surface area contributed by atoms with Gasteiger partial charge in [-0.3, -0.25) is 9.59 Å². The molecule has 0 fully saturated rings. The fraction of sp³-hybridized carbons (Fsp3) is 0.946. The van der Waals surface area contributed by atoms with Crippen LogP contribution < -0.4 is 0 Å². The molecule has 0 aromatic heterocycles. The SMILES string of the molecule is CCCCCCCCCCCCCCCCOC(=O)CC(C)C(=O)OCCCCCCCCCCCCCCCC. The molecule has 0 amide bonds. The predicted octanol–water partition coefficient (Wildman–Crippen LogP) is 12.1. The van der Waals surface area contributed by atoms with E-state index in [2.05, 4.69) is 13.8 Å². The molecule has 0 aliphatic heterocycles. The van der Waals surface area contributed by atoms with Crippen LogP contribution in [0.2, 0.25) is 0 Å². The summed E-state index contributed by atoms with van der Waals surface area (Å²) in [5.74, 6) is -0.973. The Labute approximate surface area is 256 Å². The Morgan fingerprint density at radius 2 is 0.683 bits per heavy atom. The van der Waals surface area contributed by atoms with Crippen molar-refractivity contribution in [2.75, 3.05) is 13.2 Å². The van der Waals surface area contributed by atoms with Gasteiger partial charge in [0, 0.05) is 0 Å². The molecule has 244 valence electrons. The number of ether oxygens (including phenoxy) is 2. The highest BCUT2D eigenvalue weighted by molar-refractivity contribution is 5.79. The van der Waals surface area contributed by atoms with E-state index in [0.29, 0.717) is 13.2 Å². The van der Waals surface area contributed by atoms with Gasteiger partial charge in [0.05, 0.1) is 25.6 Å². The van der Waals surface area contributed by atoms with E-state index in [0.717, 1.165) is 25.7 Å². The van der Waals surface area contributed by atoms with Gasteiger partial charge in [0.25, 0.3) is 0 Å². The van der Waals surface area contributed by atoms with Gasteiger partial charge in [-0.15, -0.1) is 0 Å². The molecule has 0 spiro atoms. The van der Waals surface area contributed by atoms with Crippen LogP contribution in [0.1, 0.15) is 207 Å². The van der Waals surface area contributed by atoms with E-state index in [1.807, 2.05) is 0 Å². The lowest BCUT2D eigenvalue weighted by Gasteiger charge is -2.11. The fourth-order valence-corrected chi connectivity index (χ4v) is 5.49. The molecule has 0 aliphatic rings. The predicted molar refractivity (Wildman–Crippen MR) is 176 cm³/mol. The topological polar surface area (TPSA) is 52.6 Å². The molecule has 0 saturated heterocycles. The molecule has 0 aromatic rings. The van der Waals surface area contributed by atoms with Crippen LogP contribution in [0.4, 0.5) is 0 Å².